The number of carboxylic acids is 1. The lowest BCUT2D eigenvalue weighted by atomic mass is 10.1. The number of aromatic carboxylic acids is 1. The van der Waals surface area contributed by atoms with Gasteiger partial charge in [-0.1, -0.05) is 18.2 Å². The van der Waals surface area contributed by atoms with Crippen LogP contribution in [0.1, 0.15) is 21.7 Å². The summed E-state index contributed by atoms with van der Waals surface area (Å²) in [5.41, 5.74) is 1.94. The van der Waals surface area contributed by atoms with E-state index < -0.39 is 5.97 Å². The van der Waals surface area contributed by atoms with E-state index in [1.54, 1.807) is 40.2 Å². The molecule has 0 aliphatic carbocycles. The number of aromatic nitrogens is 2. The third-order valence-corrected chi connectivity index (χ3v) is 5.99. The zero-order chi connectivity index (χ0) is 18.3. The second kappa shape index (κ2) is 6.51. The lowest BCUT2D eigenvalue weighted by Gasteiger charge is -2.10. The highest BCUT2D eigenvalue weighted by molar-refractivity contribution is 7.18. The molecule has 0 amide bonds. The van der Waals surface area contributed by atoms with Gasteiger partial charge in [-0.2, -0.15) is 0 Å². The third-order valence-electron chi connectivity index (χ3n) is 4.21. The minimum Gasteiger partial charge on any atom is -0.478 e. The van der Waals surface area contributed by atoms with Crippen molar-refractivity contribution in [1.82, 2.24) is 9.55 Å². The molecule has 3 heterocycles. The molecule has 0 unspecified atom stereocenters. The van der Waals surface area contributed by atoms with Gasteiger partial charge >= 0.3 is 5.97 Å². The Morgan fingerprint density at radius 2 is 1.96 bits per heavy atom. The Kier molecular flexibility index (Phi) is 4.18. The van der Waals surface area contributed by atoms with E-state index in [4.69, 9.17) is 5.11 Å². The van der Waals surface area contributed by atoms with Crippen LogP contribution in [-0.2, 0) is 6.54 Å². The Balaban J connectivity index is 1.81. The van der Waals surface area contributed by atoms with Crippen molar-refractivity contribution in [1.29, 1.82) is 0 Å². The lowest BCUT2D eigenvalue weighted by molar-refractivity contribution is 0.0697. The predicted molar refractivity (Wildman–Crippen MR) is 104 cm³/mol. The summed E-state index contributed by atoms with van der Waals surface area (Å²) in [5, 5.41) is 13.6. The number of aryl methyl sites for hydroxylation is 1. The van der Waals surface area contributed by atoms with Crippen molar-refractivity contribution in [2.75, 3.05) is 0 Å². The van der Waals surface area contributed by atoms with Crippen LogP contribution in [0, 0.1) is 6.92 Å². The summed E-state index contributed by atoms with van der Waals surface area (Å²) < 4.78 is 1.64. The Bertz CT molecular complexity index is 1160. The van der Waals surface area contributed by atoms with Gasteiger partial charge in [0.25, 0.3) is 5.56 Å². The Morgan fingerprint density at radius 3 is 2.62 bits per heavy atom. The largest absolute Gasteiger partial charge is 0.478 e. The molecular formula is C19H14N2O3S2. The van der Waals surface area contributed by atoms with Gasteiger partial charge in [-0.05, 0) is 36.1 Å². The van der Waals surface area contributed by atoms with Crippen LogP contribution >= 0.6 is 22.7 Å². The molecule has 0 bridgehead atoms. The maximum absolute atomic E-state index is 13.1. The molecule has 0 spiro atoms. The van der Waals surface area contributed by atoms with Crippen molar-refractivity contribution in [3.8, 4) is 10.4 Å². The third kappa shape index (κ3) is 2.85. The average molecular weight is 382 g/mol. The van der Waals surface area contributed by atoms with Crippen LogP contribution in [0.2, 0.25) is 0 Å². The fraction of sp³-hybridized carbons (Fsp3) is 0.105. The van der Waals surface area contributed by atoms with Gasteiger partial charge in [0.1, 0.15) is 10.7 Å². The molecule has 3 aromatic heterocycles. The van der Waals surface area contributed by atoms with Gasteiger partial charge in [0, 0.05) is 15.8 Å². The van der Waals surface area contributed by atoms with E-state index in [9.17, 15) is 9.59 Å². The summed E-state index contributed by atoms with van der Waals surface area (Å²) in [4.78, 5) is 30.5. The molecule has 4 rings (SSSR count). The first kappa shape index (κ1) is 16.7. The van der Waals surface area contributed by atoms with Crippen molar-refractivity contribution >= 4 is 38.9 Å². The smallest absolute Gasteiger partial charge is 0.335 e. The number of carbonyl (C=O) groups is 1. The molecule has 1 N–H and O–H groups in total. The number of nitrogens with zero attached hydrogens (tertiary/aromatic N) is 2. The van der Waals surface area contributed by atoms with Crippen LogP contribution < -0.4 is 5.56 Å². The summed E-state index contributed by atoms with van der Waals surface area (Å²) >= 11 is 3.08. The molecule has 0 atom stereocenters. The average Bonchev–Trinajstić information content (AvgIpc) is 3.28. The normalized spacial score (nSPS) is 11.1. The monoisotopic (exact) mass is 382 g/mol. The van der Waals surface area contributed by atoms with E-state index in [1.165, 1.54) is 11.3 Å². The van der Waals surface area contributed by atoms with Gasteiger partial charge in [-0.3, -0.25) is 9.36 Å². The topological polar surface area (TPSA) is 72.2 Å². The highest BCUT2D eigenvalue weighted by Gasteiger charge is 2.16. The molecule has 0 aliphatic heterocycles. The Hall–Kier alpha value is -2.77. The van der Waals surface area contributed by atoms with Crippen molar-refractivity contribution in [3.63, 3.8) is 0 Å². The van der Waals surface area contributed by atoms with Gasteiger partial charge in [-0.25, -0.2) is 9.78 Å². The standard InChI is InChI=1S/C19H14N2O3S2/c1-11-20-17-16(14(10-26-17)15-3-2-8-25-15)18(22)21(11)9-12-4-6-13(7-5-12)19(23)24/h2-8,10H,9H2,1H3,(H,23,24). The summed E-state index contributed by atoms with van der Waals surface area (Å²) in [7, 11) is 0. The first-order chi connectivity index (χ1) is 12.5. The Morgan fingerprint density at radius 1 is 1.19 bits per heavy atom. The van der Waals surface area contributed by atoms with Gasteiger partial charge in [0.05, 0.1) is 17.5 Å². The van der Waals surface area contributed by atoms with Crippen LogP contribution in [-0.4, -0.2) is 20.6 Å². The highest BCUT2D eigenvalue weighted by atomic mass is 32.1. The minimum absolute atomic E-state index is 0.0699. The molecular weight excluding hydrogens is 368 g/mol. The quantitative estimate of drug-likeness (QED) is 0.573. The van der Waals surface area contributed by atoms with Crippen LogP contribution in [0.4, 0.5) is 0 Å². The van der Waals surface area contributed by atoms with Crippen LogP contribution in [0.25, 0.3) is 20.7 Å². The molecule has 0 aliphatic rings. The molecule has 0 saturated heterocycles. The molecule has 130 valence electrons. The summed E-state index contributed by atoms with van der Waals surface area (Å²) in [6, 6.07) is 10.5. The fourth-order valence-corrected chi connectivity index (χ4v) is 4.66. The molecule has 0 radical (unpaired) electrons. The molecule has 7 heteroatoms. The summed E-state index contributed by atoms with van der Waals surface area (Å²) in [6.07, 6.45) is 0. The SMILES string of the molecule is Cc1nc2scc(-c3cccs3)c2c(=O)n1Cc1ccc(C(=O)O)cc1. The van der Waals surface area contributed by atoms with Gasteiger partial charge in [0.2, 0.25) is 0 Å². The van der Waals surface area contributed by atoms with E-state index in [0.29, 0.717) is 17.8 Å². The molecule has 0 saturated carbocycles. The second-order valence-electron chi connectivity index (χ2n) is 5.86. The first-order valence-electron chi connectivity index (χ1n) is 7.89. The molecule has 0 fully saturated rings. The highest BCUT2D eigenvalue weighted by Crippen LogP contribution is 2.33. The predicted octanol–water partition coefficient (Wildman–Crippen LogP) is 4.24. The van der Waals surface area contributed by atoms with E-state index in [0.717, 1.165) is 20.8 Å². The number of hydrogen-bond acceptors (Lipinski definition) is 5. The van der Waals surface area contributed by atoms with Crippen molar-refractivity contribution in [2.24, 2.45) is 0 Å². The first-order valence-corrected chi connectivity index (χ1v) is 9.65. The van der Waals surface area contributed by atoms with Gasteiger partial charge < -0.3 is 5.11 Å². The summed E-state index contributed by atoms with van der Waals surface area (Å²) in [6.45, 7) is 2.17. The number of hydrogen-bond donors (Lipinski definition) is 1. The molecule has 26 heavy (non-hydrogen) atoms. The summed E-state index contributed by atoms with van der Waals surface area (Å²) in [5.74, 6) is -0.323. The van der Waals surface area contributed by atoms with Gasteiger partial charge in [-0.15, -0.1) is 22.7 Å². The van der Waals surface area contributed by atoms with Crippen LogP contribution in [0.3, 0.4) is 0 Å². The van der Waals surface area contributed by atoms with Crippen LogP contribution in [0.15, 0.2) is 52.0 Å². The number of rotatable bonds is 4. The second-order valence-corrected chi connectivity index (χ2v) is 7.67. The molecule has 5 nitrogen and oxygen atoms in total. The zero-order valence-electron chi connectivity index (χ0n) is 13.8. The number of benzene rings is 1. The number of carboxylic acid groups (broad SMARTS) is 1. The molecule has 1 aromatic carbocycles. The number of thiophene rings is 2. The van der Waals surface area contributed by atoms with E-state index in [1.807, 2.05) is 29.8 Å². The zero-order valence-corrected chi connectivity index (χ0v) is 15.4. The van der Waals surface area contributed by atoms with Crippen molar-refractivity contribution < 1.29 is 9.90 Å². The fourth-order valence-electron chi connectivity index (χ4n) is 2.86. The van der Waals surface area contributed by atoms with Gasteiger partial charge in [0.15, 0.2) is 0 Å². The minimum atomic E-state index is -0.966. The molecule has 4 aromatic rings. The van der Waals surface area contributed by atoms with E-state index in [-0.39, 0.29) is 11.1 Å². The lowest BCUT2D eigenvalue weighted by Crippen LogP contribution is -2.24. The van der Waals surface area contributed by atoms with Crippen LogP contribution in [0.5, 0.6) is 0 Å². The van der Waals surface area contributed by atoms with E-state index >= 15 is 0 Å². The van der Waals surface area contributed by atoms with E-state index in [2.05, 4.69) is 4.98 Å². The van der Waals surface area contributed by atoms with Crippen molar-refractivity contribution in [2.45, 2.75) is 13.5 Å². The maximum Gasteiger partial charge on any atom is 0.335 e. The number of fused-ring (bicyclic) bond motifs is 1. The Labute approximate surface area is 156 Å². The maximum atomic E-state index is 13.1. The van der Waals surface area contributed by atoms with Crippen molar-refractivity contribution in [3.05, 3.63) is 74.5 Å².